The van der Waals surface area contributed by atoms with Crippen molar-refractivity contribution in [1.82, 2.24) is 5.32 Å². The van der Waals surface area contributed by atoms with E-state index >= 15 is 0 Å². The maximum atomic E-state index is 12.8. The van der Waals surface area contributed by atoms with Crippen molar-refractivity contribution in [2.45, 2.75) is 49.2 Å². The summed E-state index contributed by atoms with van der Waals surface area (Å²) in [6, 6.07) is 14.2. The van der Waals surface area contributed by atoms with Crippen LogP contribution >= 0.6 is 0 Å². The fourth-order valence-corrected chi connectivity index (χ4v) is 4.88. The maximum absolute atomic E-state index is 12.8. The van der Waals surface area contributed by atoms with E-state index in [9.17, 15) is 13.2 Å². The van der Waals surface area contributed by atoms with Gasteiger partial charge in [0.2, 0.25) is 0 Å². The van der Waals surface area contributed by atoms with Gasteiger partial charge in [0.05, 0.1) is 16.8 Å². The number of rotatable bonds is 8. The zero-order valence-corrected chi connectivity index (χ0v) is 19.2. The van der Waals surface area contributed by atoms with E-state index in [2.05, 4.69) is 17.4 Å². The molecule has 0 atom stereocenters. The van der Waals surface area contributed by atoms with Crippen LogP contribution in [0.2, 0.25) is 0 Å². The molecule has 1 amide bonds. The standard InChI is InChI=1S/C24H31NO5S/c1-4-30-21-9-7-20(8-10-21)24(13-15-29-16-14-24)17-25-23(26)19-5-11-22(12-6-19)31(27,28)18(2)3/h5-12,18H,4,13-17H2,1-3H3,(H,25,26). The van der Waals surface area contributed by atoms with Crippen LogP contribution in [0, 0.1) is 0 Å². The Balaban J connectivity index is 1.74. The lowest BCUT2D eigenvalue weighted by molar-refractivity contribution is 0.0487. The molecule has 0 bridgehead atoms. The van der Waals surface area contributed by atoms with Crippen molar-refractivity contribution in [3.8, 4) is 5.75 Å². The van der Waals surface area contributed by atoms with E-state index in [0.29, 0.717) is 31.9 Å². The monoisotopic (exact) mass is 445 g/mol. The molecule has 1 heterocycles. The number of nitrogens with one attached hydrogen (secondary N) is 1. The lowest BCUT2D eigenvalue weighted by atomic mass is 9.74. The minimum absolute atomic E-state index is 0.209. The van der Waals surface area contributed by atoms with Gasteiger partial charge in [0.1, 0.15) is 5.75 Å². The molecule has 0 unspecified atom stereocenters. The topological polar surface area (TPSA) is 81.7 Å². The Morgan fingerprint density at radius 1 is 1.06 bits per heavy atom. The Hall–Kier alpha value is -2.38. The zero-order chi connectivity index (χ0) is 22.5. The van der Waals surface area contributed by atoms with Crippen LogP contribution in [0.5, 0.6) is 5.75 Å². The number of carbonyl (C=O) groups excluding carboxylic acids is 1. The summed E-state index contributed by atoms with van der Waals surface area (Å²) in [5, 5.41) is 2.55. The quantitative estimate of drug-likeness (QED) is 0.669. The molecule has 0 aliphatic carbocycles. The number of benzene rings is 2. The number of hydrogen-bond donors (Lipinski definition) is 1. The van der Waals surface area contributed by atoms with Gasteiger partial charge in [-0.05, 0) is 75.6 Å². The zero-order valence-electron chi connectivity index (χ0n) is 18.4. The van der Waals surface area contributed by atoms with Crippen LogP contribution in [0.3, 0.4) is 0 Å². The SMILES string of the molecule is CCOc1ccc(C2(CNC(=O)c3ccc(S(=O)(=O)C(C)C)cc3)CCOCC2)cc1. The number of carbonyl (C=O) groups is 1. The number of hydrogen-bond acceptors (Lipinski definition) is 5. The van der Waals surface area contributed by atoms with E-state index in [1.165, 1.54) is 12.1 Å². The molecular weight excluding hydrogens is 414 g/mol. The van der Waals surface area contributed by atoms with Crippen LogP contribution in [0.1, 0.15) is 49.5 Å². The summed E-state index contributed by atoms with van der Waals surface area (Å²) in [6.45, 7) is 7.62. The summed E-state index contributed by atoms with van der Waals surface area (Å²) in [5.74, 6) is 0.610. The minimum Gasteiger partial charge on any atom is -0.494 e. The fourth-order valence-electron chi connectivity index (χ4n) is 3.82. The van der Waals surface area contributed by atoms with Crippen LogP contribution in [0.25, 0.3) is 0 Å². The highest BCUT2D eigenvalue weighted by molar-refractivity contribution is 7.92. The van der Waals surface area contributed by atoms with Gasteiger partial charge in [-0.2, -0.15) is 0 Å². The van der Waals surface area contributed by atoms with E-state index in [-0.39, 0.29) is 16.2 Å². The van der Waals surface area contributed by atoms with E-state index in [1.807, 2.05) is 19.1 Å². The molecule has 6 nitrogen and oxygen atoms in total. The molecule has 2 aromatic rings. The van der Waals surface area contributed by atoms with E-state index in [1.54, 1.807) is 26.0 Å². The average molecular weight is 446 g/mol. The highest BCUT2D eigenvalue weighted by atomic mass is 32.2. The molecule has 1 saturated heterocycles. The van der Waals surface area contributed by atoms with Gasteiger partial charge in [0.25, 0.3) is 5.91 Å². The summed E-state index contributed by atoms with van der Waals surface area (Å²) in [4.78, 5) is 13.0. The third-order valence-electron chi connectivity index (χ3n) is 5.88. The molecule has 3 rings (SSSR count). The Kier molecular flexibility index (Phi) is 7.38. The smallest absolute Gasteiger partial charge is 0.251 e. The fraction of sp³-hybridized carbons (Fsp3) is 0.458. The molecule has 168 valence electrons. The van der Waals surface area contributed by atoms with Crippen LogP contribution in [-0.2, 0) is 20.0 Å². The number of ether oxygens (including phenoxy) is 2. The predicted molar refractivity (Wildman–Crippen MR) is 120 cm³/mol. The van der Waals surface area contributed by atoms with Gasteiger partial charge in [-0.15, -0.1) is 0 Å². The molecule has 7 heteroatoms. The van der Waals surface area contributed by atoms with Gasteiger partial charge >= 0.3 is 0 Å². The molecular formula is C24H31NO5S. The van der Waals surface area contributed by atoms with Crippen LogP contribution in [-0.4, -0.2) is 45.9 Å². The first-order valence-electron chi connectivity index (χ1n) is 10.7. The van der Waals surface area contributed by atoms with Gasteiger partial charge in [0.15, 0.2) is 9.84 Å². The Morgan fingerprint density at radius 2 is 1.68 bits per heavy atom. The molecule has 0 radical (unpaired) electrons. The van der Waals surface area contributed by atoms with Crippen molar-refractivity contribution in [1.29, 1.82) is 0 Å². The predicted octanol–water partition coefficient (Wildman–Crippen LogP) is 3.75. The summed E-state index contributed by atoms with van der Waals surface area (Å²) in [5.41, 5.74) is 1.38. The van der Waals surface area contributed by atoms with Crippen molar-refractivity contribution < 1.29 is 22.7 Å². The number of sulfone groups is 1. The lowest BCUT2D eigenvalue weighted by Crippen LogP contribution is -2.44. The minimum atomic E-state index is -3.36. The Bertz CT molecular complexity index is 976. The highest BCUT2D eigenvalue weighted by Crippen LogP contribution is 2.35. The van der Waals surface area contributed by atoms with Gasteiger partial charge in [0, 0.05) is 30.7 Å². The lowest BCUT2D eigenvalue weighted by Gasteiger charge is -2.38. The van der Waals surface area contributed by atoms with E-state index in [0.717, 1.165) is 24.2 Å². The van der Waals surface area contributed by atoms with Crippen molar-refractivity contribution in [2.24, 2.45) is 0 Å². The molecule has 0 spiro atoms. The van der Waals surface area contributed by atoms with Crippen molar-refractivity contribution >= 4 is 15.7 Å². The van der Waals surface area contributed by atoms with Gasteiger partial charge in [-0.25, -0.2) is 8.42 Å². The van der Waals surface area contributed by atoms with Crippen molar-refractivity contribution in [3.05, 3.63) is 59.7 Å². The molecule has 0 aromatic heterocycles. The van der Waals surface area contributed by atoms with Gasteiger partial charge in [-0.1, -0.05) is 12.1 Å². The van der Waals surface area contributed by atoms with Crippen LogP contribution in [0.15, 0.2) is 53.4 Å². The first kappa shape index (κ1) is 23.3. The molecule has 2 aromatic carbocycles. The maximum Gasteiger partial charge on any atom is 0.251 e. The van der Waals surface area contributed by atoms with Gasteiger partial charge in [-0.3, -0.25) is 4.79 Å². The largest absolute Gasteiger partial charge is 0.494 e. The summed E-state index contributed by atoms with van der Waals surface area (Å²) < 4.78 is 35.7. The molecule has 1 fully saturated rings. The second kappa shape index (κ2) is 9.83. The normalized spacial score (nSPS) is 16.1. The summed E-state index contributed by atoms with van der Waals surface area (Å²) >= 11 is 0. The van der Waals surface area contributed by atoms with Crippen molar-refractivity contribution in [2.75, 3.05) is 26.4 Å². The van der Waals surface area contributed by atoms with Crippen LogP contribution < -0.4 is 10.1 Å². The Labute approximate surface area is 184 Å². The molecule has 1 aliphatic rings. The second-order valence-corrected chi connectivity index (χ2v) is 10.7. The summed E-state index contributed by atoms with van der Waals surface area (Å²) in [7, 11) is -3.36. The first-order valence-corrected chi connectivity index (χ1v) is 12.3. The summed E-state index contributed by atoms with van der Waals surface area (Å²) in [6.07, 6.45) is 1.62. The van der Waals surface area contributed by atoms with E-state index in [4.69, 9.17) is 9.47 Å². The Morgan fingerprint density at radius 3 is 2.23 bits per heavy atom. The van der Waals surface area contributed by atoms with Crippen LogP contribution in [0.4, 0.5) is 0 Å². The molecule has 1 N–H and O–H groups in total. The van der Waals surface area contributed by atoms with E-state index < -0.39 is 15.1 Å². The second-order valence-electron chi connectivity index (χ2n) is 8.15. The third kappa shape index (κ3) is 5.28. The van der Waals surface area contributed by atoms with Crippen molar-refractivity contribution in [3.63, 3.8) is 0 Å². The number of amides is 1. The first-order chi connectivity index (χ1) is 14.8. The third-order valence-corrected chi connectivity index (χ3v) is 8.05. The molecule has 1 aliphatic heterocycles. The molecule has 0 saturated carbocycles. The molecule has 31 heavy (non-hydrogen) atoms. The van der Waals surface area contributed by atoms with Gasteiger partial charge < -0.3 is 14.8 Å². The highest BCUT2D eigenvalue weighted by Gasteiger charge is 2.35. The average Bonchev–Trinajstić information content (AvgIpc) is 2.79.